The van der Waals surface area contributed by atoms with Crippen molar-refractivity contribution in [1.82, 2.24) is 5.01 Å². The predicted molar refractivity (Wildman–Crippen MR) is 104 cm³/mol. The van der Waals surface area contributed by atoms with Crippen molar-refractivity contribution < 1.29 is 19.1 Å². The van der Waals surface area contributed by atoms with Crippen LogP contribution < -0.4 is 10.5 Å². The van der Waals surface area contributed by atoms with Gasteiger partial charge in [-0.2, -0.15) is 10.1 Å². The number of rotatable bonds is 5. The third-order valence-electron chi connectivity index (χ3n) is 5.15. The van der Waals surface area contributed by atoms with Crippen molar-refractivity contribution >= 4 is 55.8 Å². The topological polar surface area (TPSA) is 102 Å². The van der Waals surface area contributed by atoms with Crippen LogP contribution in [0.4, 0.5) is 0 Å². The van der Waals surface area contributed by atoms with Gasteiger partial charge in [0.05, 0.1) is 27.0 Å². The van der Waals surface area contributed by atoms with Crippen LogP contribution in [0.3, 0.4) is 0 Å². The van der Waals surface area contributed by atoms with Gasteiger partial charge in [-0.25, -0.2) is 0 Å². The lowest BCUT2D eigenvalue weighted by Gasteiger charge is -2.13. The Morgan fingerprint density at radius 2 is 1.74 bits per heavy atom. The Balaban J connectivity index is 1.53. The summed E-state index contributed by atoms with van der Waals surface area (Å²) in [5, 5.41) is 5.15. The number of hydrogen-bond acceptors (Lipinski definition) is 5. The fourth-order valence-electron chi connectivity index (χ4n) is 4.06. The van der Waals surface area contributed by atoms with Gasteiger partial charge in [0.15, 0.2) is 6.61 Å². The zero-order valence-electron chi connectivity index (χ0n) is 14.0. The van der Waals surface area contributed by atoms with Gasteiger partial charge in [0.25, 0.3) is 17.7 Å². The molecule has 1 heterocycles. The lowest BCUT2D eigenvalue weighted by Crippen LogP contribution is -2.28. The molecular weight excluding hydrogens is 482 g/mol. The van der Waals surface area contributed by atoms with Crippen molar-refractivity contribution in [1.29, 1.82) is 0 Å². The van der Waals surface area contributed by atoms with Crippen LogP contribution in [-0.2, 0) is 14.4 Å². The molecule has 7 nitrogen and oxygen atoms in total. The number of allylic oxidation sites excluding steroid dienone is 2. The highest BCUT2D eigenvalue weighted by molar-refractivity contribution is 9.11. The van der Waals surface area contributed by atoms with Gasteiger partial charge in [0.1, 0.15) is 5.75 Å². The van der Waals surface area contributed by atoms with Crippen LogP contribution in [0.25, 0.3) is 0 Å². The minimum absolute atomic E-state index is 0.154. The summed E-state index contributed by atoms with van der Waals surface area (Å²) in [6.45, 7) is -0.249. The smallest absolute Gasteiger partial charge is 0.255 e. The molecule has 27 heavy (non-hydrogen) atoms. The minimum Gasteiger partial charge on any atom is -0.481 e. The SMILES string of the molecule is NC(=O)COc1c(Br)cc(C=NN2C(=O)[C@@H]3[C@H](C2=O)[C@H]2C=C[C@H]3C2)cc1Br. The normalized spacial score (nSPS) is 28.4. The summed E-state index contributed by atoms with van der Waals surface area (Å²) in [6.07, 6.45) is 6.43. The summed E-state index contributed by atoms with van der Waals surface area (Å²) in [4.78, 5) is 36.1. The average Bonchev–Trinajstić information content (AvgIpc) is 3.27. The molecule has 0 unspecified atom stereocenters. The maximum atomic E-state index is 12.6. The summed E-state index contributed by atoms with van der Waals surface area (Å²) < 4.78 is 6.50. The van der Waals surface area contributed by atoms with Gasteiger partial charge in [0.2, 0.25) is 0 Å². The molecule has 2 bridgehead atoms. The second kappa shape index (κ2) is 6.87. The highest BCUT2D eigenvalue weighted by atomic mass is 79.9. The Kier molecular flexibility index (Phi) is 4.67. The van der Waals surface area contributed by atoms with Crippen LogP contribution in [0.2, 0.25) is 0 Å². The molecule has 4 rings (SSSR count). The van der Waals surface area contributed by atoms with Crippen LogP contribution in [-0.4, -0.2) is 35.6 Å². The zero-order valence-corrected chi connectivity index (χ0v) is 17.1. The van der Waals surface area contributed by atoms with Gasteiger partial charge >= 0.3 is 0 Å². The molecule has 9 heteroatoms. The van der Waals surface area contributed by atoms with Crippen molar-refractivity contribution in [2.45, 2.75) is 6.42 Å². The van der Waals surface area contributed by atoms with E-state index in [9.17, 15) is 14.4 Å². The predicted octanol–water partition coefficient (Wildman–Crippen LogP) is 2.22. The number of carbonyl (C=O) groups is 3. The molecule has 140 valence electrons. The van der Waals surface area contributed by atoms with E-state index >= 15 is 0 Å². The second-order valence-corrected chi connectivity index (χ2v) is 8.51. The third-order valence-corrected chi connectivity index (χ3v) is 6.33. The fourth-order valence-corrected chi connectivity index (χ4v) is 5.51. The van der Waals surface area contributed by atoms with Gasteiger partial charge in [-0.1, -0.05) is 12.2 Å². The number of carbonyl (C=O) groups excluding carboxylic acids is 3. The number of imide groups is 1. The Hall–Kier alpha value is -2.00. The van der Waals surface area contributed by atoms with Crippen molar-refractivity contribution in [3.8, 4) is 5.75 Å². The summed E-state index contributed by atoms with van der Waals surface area (Å²) in [5.41, 5.74) is 5.74. The Morgan fingerprint density at radius 1 is 1.19 bits per heavy atom. The first-order chi connectivity index (χ1) is 12.9. The van der Waals surface area contributed by atoms with Crippen molar-refractivity contribution in [3.63, 3.8) is 0 Å². The number of ether oxygens (including phenoxy) is 1. The number of halogens is 2. The molecule has 1 aromatic rings. The van der Waals surface area contributed by atoms with E-state index in [1.54, 1.807) is 12.1 Å². The molecule has 0 spiro atoms. The first-order valence-electron chi connectivity index (χ1n) is 8.37. The second-order valence-electron chi connectivity index (χ2n) is 6.80. The minimum atomic E-state index is -0.584. The van der Waals surface area contributed by atoms with Crippen LogP contribution in [0.5, 0.6) is 5.75 Å². The van der Waals surface area contributed by atoms with Crippen LogP contribution in [0, 0.1) is 23.7 Å². The summed E-state index contributed by atoms with van der Waals surface area (Å²) in [6, 6.07) is 3.42. The van der Waals surface area contributed by atoms with Gasteiger partial charge < -0.3 is 10.5 Å². The van der Waals surface area contributed by atoms with E-state index in [2.05, 4.69) is 37.0 Å². The molecule has 1 aromatic carbocycles. The highest BCUT2D eigenvalue weighted by Gasteiger charge is 2.59. The Labute approximate surface area is 171 Å². The summed E-state index contributed by atoms with van der Waals surface area (Å²) >= 11 is 6.73. The van der Waals surface area contributed by atoms with Gasteiger partial charge in [0, 0.05) is 0 Å². The Bertz CT molecular complexity index is 861. The zero-order chi connectivity index (χ0) is 19.3. The molecule has 4 atom stereocenters. The van der Waals surface area contributed by atoms with E-state index in [1.165, 1.54) is 6.21 Å². The number of nitrogens with zero attached hydrogens (tertiary/aromatic N) is 2. The molecule has 1 saturated heterocycles. The van der Waals surface area contributed by atoms with Crippen molar-refractivity contribution in [2.24, 2.45) is 34.5 Å². The van der Waals surface area contributed by atoms with Gasteiger partial charge in [-0.05, 0) is 67.8 Å². The number of amides is 3. The fraction of sp³-hybridized carbons (Fsp3) is 0.333. The molecule has 2 N–H and O–H groups in total. The quantitative estimate of drug-likeness (QED) is 0.383. The lowest BCUT2D eigenvalue weighted by molar-refractivity contribution is -0.140. The monoisotopic (exact) mass is 495 g/mol. The number of nitrogens with two attached hydrogens (primary N) is 1. The van der Waals surface area contributed by atoms with Crippen LogP contribution in [0.1, 0.15) is 12.0 Å². The standard InChI is InChI=1S/C18H15Br2N3O4/c19-11-3-8(4-12(20)16(11)27-7-13(21)24)6-22-23-17(25)14-9-1-2-10(5-9)15(14)18(23)26/h1-4,6,9-10,14-15H,5,7H2,(H2,21,24)/t9-,10-,14-,15+/m0/s1. The largest absolute Gasteiger partial charge is 0.481 e. The summed E-state index contributed by atoms with van der Waals surface area (Å²) in [7, 11) is 0. The van der Waals surface area contributed by atoms with Crippen molar-refractivity contribution in [2.75, 3.05) is 6.61 Å². The molecule has 1 saturated carbocycles. The number of hydrogen-bond donors (Lipinski definition) is 1. The van der Waals surface area contributed by atoms with Crippen molar-refractivity contribution in [3.05, 3.63) is 38.8 Å². The number of fused-ring (bicyclic) bond motifs is 5. The average molecular weight is 497 g/mol. The Morgan fingerprint density at radius 3 is 2.26 bits per heavy atom. The molecular formula is C18H15Br2N3O4. The van der Waals surface area contributed by atoms with E-state index in [0.29, 0.717) is 20.3 Å². The van der Waals surface area contributed by atoms with Crippen LogP contribution in [0.15, 0.2) is 38.3 Å². The van der Waals surface area contributed by atoms with Gasteiger partial charge in [-0.3, -0.25) is 14.4 Å². The van der Waals surface area contributed by atoms with E-state index in [1.807, 2.05) is 12.2 Å². The molecule has 0 aromatic heterocycles. The van der Waals surface area contributed by atoms with Crippen LogP contribution >= 0.6 is 31.9 Å². The molecule has 1 aliphatic heterocycles. The van der Waals surface area contributed by atoms with E-state index < -0.39 is 5.91 Å². The van der Waals surface area contributed by atoms with E-state index in [-0.39, 0.29) is 42.1 Å². The number of primary amides is 1. The van der Waals surface area contributed by atoms with E-state index in [4.69, 9.17) is 10.5 Å². The number of benzene rings is 1. The van der Waals surface area contributed by atoms with E-state index in [0.717, 1.165) is 11.4 Å². The lowest BCUT2D eigenvalue weighted by atomic mass is 9.85. The maximum Gasteiger partial charge on any atom is 0.255 e. The maximum absolute atomic E-state index is 12.6. The number of hydrazone groups is 1. The molecule has 3 aliphatic rings. The molecule has 0 radical (unpaired) electrons. The highest BCUT2D eigenvalue weighted by Crippen LogP contribution is 2.52. The first-order valence-corrected chi connectivity index (χ1v) is 9.95. The third kappa shape index (κ3) is 3.12. The first kappa shape index (κ1) is 18.4. The molecule has 2 fully saturated rings. The molecule has 3 amide bonds. The van der Waals surface area contributed by atoms with Gasteiger partial charge in [-0.15, -0.1) is 0 Å². The molecule has 2 aliphatic carbocycles. The summed E-state index contributed by atoms with van der Waals surface area (Å²) in [5.74, 6) is -0.838.